The monoisotopic (exact) mass is 233 g/mol. The van der Waals surface area contributed by atoms with Gasteiger partial charge in [-0.1, -0.05) is 24.3 Å². The maximum absolute atomic E-state index is 11.7. The Kier molecular flexibility index (Phi) is 2.99. The molecule has 0 aromatic rings. The second-order valence-electron chi connectivity index (χ2n) is 5.11. The number of hydrogen-bond acceptors (Lipinski definition) is 3. The van der Waals surface area contributed by atoms with E-state index in [-0.39, 0.29) is 11.8 Å². The molecule has 3 rings (SSSR count). The number of rotatable bonds is 0. The summed E-state index contributed by atoms with van der Waals surface area (Å²) in [4.78, 5) is 11.7. The van der Waals surface area contributed by atoms with E-state index >= 15 is 0 Å². The molecule has 4 unspecified atom stereocenters. The lowest BCUT2D eigenvalue weighted by Gasteiger charge is -2.39. The SMILES string of the molecule is O=C1NNC2C1CNC1C/C=C\C=C/CCC12. The average molecular weight is 233 g/mol. The number of hydrazine groups is 1. The van der Waals surface area contributed by atoms with Crippen LogP contribution in [0.2, 0.25) is 0 Å². The summed E-state index contributed by atoms with van der Waals surface area (Å²) in [6.45, 7) is 0.798. The molecule has 3 N–H and O–H groups in total. The van der Waals surface area contributed by atoms with Crippen molar-refractivity contribution in [2.75, 3.05) is 6.54 Å². The standard InChI is InChI=1S/C13H19N3O/c17-13-10-8-14-11-7-5-3-1-2-4-6-9(11)12(10)15-16-13/h1-3,5,9-12,14-15H,4,6-8H2,(H,16,17)/b2-1-,5-3-. The summed E-state index contributed by atoms with van der Waals surface area (Å²) in [7, 11) is 0. The molecule has 3 aliphatic rings. The first-order valence-corrected chi connectivity index (χ1v) is 6.46. The summed E-state index contributed by atoms with van der Waals surface area (Å²) < 4.78 is 0. The highest BCUT2D eigenvalue weighted by atomic mass is 16.2. The molecular formula is C13H19N3O. The summed E-state index contributed by atoms with van der Waals surface area (Å²) >= 11 is 0. The van der Waals surface area contributed by atoms with Gasteiger partial charge < -0.3 is 5.32 Å². The van der Waals surface area contributed by atoms with Gasteiger partial charge in [-0.15, -0.1) is 0 Å². The van der Waals surface area contributed by atoms with Crippen molar-refractivity contribution < 1.29 is 4.79 Å². The minimum absolute atomic E-state index is 0.102. The average Bonchev–Trinajstić information content (AvgIpc) is 2.75. The molecule has 2 heterocycles. The molecule has 0 aromatic carbocycles. The third-order valence-electron chi connectivity index (χ3n) is 4.15. The minimum Gasteiger partial charge on any atom is -0.312 e. The molecule has 4 heteroatoms. The fourth-order valence-electron chi connectivity index (χ4n) is 3.22. The van der Waals surface area contributed by atoms with Gasteiger partial charge in [0, 0.05) is 18.6 Å². The van der Waals surface area contributed by atoms with E-state index in [0.717, 1.165) is 25.8 Å². The maximum atomic E-state index is 11.7. The van der Waals surface area contributed by atoms with E-state index in [4.69, 9.17) is 0 Å². The molecule has 17 heavy (non-hydrogen) atoms. The first kappa shape index (κ1) is 11.0. The van der Waals surface area contributed by atoms with Crippen LogP contribution in [-0.2, 0) is 4.79 Å². The molecule has 92 valence electrons. The minimum atomic E-state index is 0.102. The lowest BCUT2D eigenvalue weighted by molar-refractivity contribution is -0.123. The second-order valence-corrected chi connectivity index (χ2v) is 5.11. The Hall–Kier alpha value is -1.13. The normalized spacial score (nSPS) is 44.6. The lowest BCUT2D eigenvalue weighted by atomic mass is 9.77. The Morgan fingerprint density at radius 2 is 2.12 bits per heavy atom. The number of fused-ring (bicyclic) bond motifs is 3. The molecule has 1 aliphatic carbocycles. The maximum Gasteiger partial charge on any atom is 0.240 e. The van der Waals surface area contributed by atoms with Crippen LogP contribution in [-0.4, -0.2) is 24.5 Å². The van der Waals surface area contributed by atoms with Crippen LogP contribution >= 0.6 is 0 Å². The van der Waals surface area contributed by atoms with Crippen LogP contribution in [0, 0.1) is 11.8 Å². The Labute approximate surface area is 102 Å². The molecule has 4 nitrogen and oxygen atoms in total. The molecule has 2 saturated heterocycles. The van der Waals surface area contributed by atoms with Crippen LogP contribution in [0.5, 0.6) is 0 Å². The third-order valence-corrected chi connectivity index (χ3v) is 4.15. The van der Waals surface area contributed by atoms with E-state index in [1.54, 1.807) is 0 Å². The lowest BCUT2D eigenvalue weighted by Crippen LogP contribution is -2.56. The van der Waals surface area contributed by atoms with E-state index < -0.39 is 0 Å². The van der Waals surface area contributed by atoms with Crippen molar-refractivity contribution in [3.63, 3.8) is 0 Å². The molecule has 2 aliphatic heterocycles. The summed E-state index contributed by atoms with van der Waals surface area (Å²) in [6, 6.07) is 0.793. The van der Waals surface area contributed by atoms with Gasteiger partial charge in [-0.05, 0) is 25.2 Å². The zero-order valence-corrected chi connectivity index (χ0v) is 9.86. The molecule has 0 spiro atoms. The van der Waals surface area contributed by atoms with Crippen molar-refractivity contribution in [2.24, 2.45) is 11.8 Å². The number of piperidine rings is 1. The van der Waals surface area contributed by atoms with Gasteiger partial charge in [0.1, 0.15) is 0 Å². The van der Waals surface area contributed by atoms with Crippen LogP contribution < -0.4 is 16.2 Å². The number of carbonyl (C=O) groups excluding carboxylic acids is 1. The van der Waals surface area contributed by atoms with E-state index in [9.17, 15) is 4.79 Å². The van der Waals surface area contributed by atoms with Crippen molar-refractivity contribution in [1.82, 2.24) is 16.2 Å². The van der Waals surface area contributed by atoms with Gasteiger partial charge in [-0.25, -0.2) is 5.43 Å². The van der Waals surface area contributed by atoms with E-state index in [1.807, 2.05) is 0 Å². The Bertz CT molecular complexity index is 364. The van der Waals surface area contributed by atoms with Crippen molar-refractivity contribution >= 4 is 5.91 Å². The van der Waals surface area contributed by atoms with Crippen molar-refractivity contribution in [3.8, 4) is 0 Å². The number of hydrogen-bond donors (Lipinski definition) is 3. The van der Waals surface area contributed by atoms with E-state index in [2.05, 4.69) is 40.5 Å². The summed E-state index contributed by atoms with van der Waals surface area (Å²) in [6.07, 6.45) is 12.0. The molecule has 0 radical (unpaired) electrons. The molecule has 4 atom stereocenters. The molecule has 2 fully saturated rings. The van der Waals surface area contributed by atoms with Gasteiger partial charge in [0.05, 0.1) is 5.92 Å². The molecular weight excluding hydrogens is 214 g/mol. The third kappa shape index (κ3) is 2.03. The fraction of sp³-hybridized carbons (Fsp3) is 0.615. The summed E-state index contributed by atoms with van der Waals surface area (Å²) in [5.74, 6) is 0.775. The van der Waals surface area contributed by atoms with Crippen LogP contribution in [0.25, 0.3) is 0 Å². The predicted molar refractivity (Wildman–Crippen MR) is 66.0 cm³/mol. The number of nitrogens with one attached hydrogen (secondary N) is 3. The quantitative estimate of drug-likeness (QED) is 0.571. The largest absolute Gasteiger partial charge is 0.312 e. The van der Waals surface area contributed by atoms with E-state index in [1.165, 1.54) is 0 Å². The van der Waals surface area contributed by atoms with Gasteiger partial charge in [0.25, 0.3) is 0 Å². The van der Waals surface area contributed by atoms with Crippen LogP contribution in [0.4, 0.5) is 0 Å². The van der Waals surface area contributed by atoms with E-state index in [0.29, 0.717) is 18.0 Å². The van der Waals surface area contributed by atoms with Gasteiger partial charge in [0.2, 0.25) is 5.91 Å². The number of amides is 1. The van der Waals surface area contributed by atoms with Gasteiger partial charge in [-0.3, -0.25) is 10.2 Å². The smallest absolute Gasteiger partial charge is 0.240 e. The topological polar surface area (TPSA) is 53.2 Å². The molecule has 0 saturated carbocycles. The highest BCUT2D eigenvalue weighted by Crippen LogP contribution is 2.30. The molecule has 0 aromatic heterocycles. The molecule has 0 bridgehead atoms. The van der Waals surface area contributed by atoms with Crippen molar-refractivity contribution in [1.29, 1.82) is 0 Å². The van der Waals surface area contributed by atoms with Crippen LogP contribution in [0.3, 0.4) is 0 Å². The zero-order chi connectivity index (χ0) is 11.7. The Morgan fingerprint density at radius 1 is 1.24 bits per heavy atom. The number of allylic oxidation sites excluding steroid dienone is 3. The first-order valence-electron chi connectivity index (χ1n) is 6.46. The molecule has 1 amide bonds. The number of carbonyl (C=O) groups is 1. The first-order chi connectivity index (χ1) is 8.36. The van der Waals surface area contributed by atoms with Crippen molar-refractivity contribution in [2.45, 2.75) is 31.3 Å². The summed E-state index contributed by atoms with van der Waals surface area (Å²) in [5.41, 5.74) is 5.97. The highest BCUT2D eigenvalue weighted by Gasteiger charge is 2.45. The van der Waals surface area contributed by atoms with Crippen molar-refractivity contribution in [3.05, 3.63) is 24.3 Å². The predicted octanol–water partition coefficient (Wildman–Crippen LogP) is 0.490. The van der Waals surface area contributed by atoms with Gasteiger partial charge in [-0.2, -0.15) is 0 Å². The fourth-order valence-corrected chi connectivity index (χ4v) is 3.22. The van der Waals surface area contributed by atoms with Crippen LogP contribution in [0.15, 0.2) is 24.3 Å². The second kappa shape index (κ2) is 4.63. The summed E-state index contributed by atoms with van der Waals surface area (Å²) in [5, 5.41) is 3.54. The Morgan fingerprint density at radius 3 is 3.06 bits per heavy atom. The van der Waals surface area contributed by atoms with Crippen LogP contribution in [0.1, 0.15) is 19.3 Å². The van der Waals surface area contributed by atoms with Gasteiger partial charge >= 0.3 is 0 Å². The zero-order valence-electron chi connectivity index (χ0n) is 9.86. The van der Waals surface area contributed by atoms with Gasteiger partial charge in [0.15, 0.2) is 0 Å². The highest BCUT2D eigenvalue weighted by molar-refractivity contribution is 5.81. The Balaban J connectivity index is 1.80.